The van der Waals surface area contributed by atoms with Gasteiger partial charge in [0.15, 0.2) is 11.6 Å². The van der Waals surface area contributed by atoms with Gasteiger partial charge in [-0.3, -0.25) is 0 Å². The summed E-state index contributed by atoms with van der Waals surface area (Å²) in [7, 11) is 0. The SMILES string of the molecule is CCCCOc1cc(F)c(CC)cc1F. The highest BCUT2D eigenvalue weighted by molar-refractivity contribution is 5.30. The zero-order valence-electron chi connectivity index (χ0n) is 9.15. The standard InChI is InChI=1S/C12H16F2O/c1-3-5-6-15-12-8-10(13)9(4-2)7-11(12)14/h7-8H,3-6H2,1-2H3. The molecule has 0 saturated carbocycles. The maximum atomic E-state index is 13.4. The molecule has 15 heavy (non-hydrogen) atoms. The van der Waals surface area contributed by atoms with Crippen molar-refractivity contribution >= 4 is 0 Å². The third-order valence-electron chi connectivity index (χ3n) is 2.24. The number of hydrogen-bond donors (Lipinski definition) is 0. The predicted octanol–water partition coefficient (Wildman–Crippen LogP) is 3.71. The molecular weight excluding hydrogens is 198 g/mol. The molecule has 0 aromatic heterocycles. The molecule has 1 aromatic carbocycles. The van der Waals surface area contributed by atoms with Crippen LogP contribution in [0.25, 0.3) is 0 Å². The number of benzene rings is 1. The second-order valence-electron chi connectivity index (χ2n) is 3.43. The van der Waals surface area contributed by atoms with Gasteiger partial charge in [0.2, 0.25) is 0 Å². The maximum Gasteiger partial charge on any atom is 0.165 e. The lowest BCUT2D eigenvalue weighted by atomic mass is 10.1. The van der Waals surface area contributed by atoms with Gasteiger partial charge in [0.1, 0.15) is 5.82 Å². The van der Waals surface area contributed by atoms with E-state index in [-0.39, 0.29) is 5.75 Å². The van der Waals surface area contributed by atoms with Crippen LogP contribution in [0.1, 0.15) is 32.3 Å². The van der Waals surface area contributed by atoms with Crippen molar-refractivity contribution in [2.24, 2.45) is 0 Å². The highest BCUT2D eigenvalue weighted by Gasteiger charge is 2.09. The fraction of sp³-hybridized carbons (Fsp3) is 0.500. The highest BCUT2D eigenvalue weighted by atomic mass is 19.1. The normalized spacial score (nSPS) is 10.4. The summed E-state index contributed by atoms with van der Waals surface area (Å²) >= 11 is 0. The summed E-state index contributed by atoms with van der Waals surface area (Å²) in [6, 6.07) is 2.33. The second-order valence-corrected chi connectivity index (χ2v) is 3.43. The summed E-state index contributed by atoms with van der Waals surface area (Å²) in [4.78, 5) is 0. The van der Waals surface area contributed by atoms with Crippen LogP contribution in [-0.4, -0.2) is 6.61 Å². The molecule has 1 nitrogen and oxygen atoms in total. The van der Waals surface area contributed by atoms with Crippen LogP contribution in [-0.2, 0) is 6.42 Å². The Morgan fingerprint density at radius 1 is 1.13 bits per heavy atom. The minimum Gasteiger partial charge on any atom is -0.490 e. The zero-order chi connectivity index (χ0) is 11.3. The Hall–Kier alpha value is -1.12. The average molecular weight is 214 g/mol. The summed E-state index contributed by atoms with van der Waals surface area (Å²) in [5.74, 6) is -0.868. The molecule has 0 atom stereocenters. The van der Waals surface area contributed by atoms with Crippen LogP contribution >= 0.6 is 0 Å². The van der Waals surface area contributed by atoms with Crippen molar-refractivity contribution in [3.63, 3.8) is 0 Å². The lowest BCUT2D eigenvalue weighted by Gasteiger charge is -2.08. The van der Waals surface area contributed by atoms with Gasteiger partial charge in [-0.2, -0.15) is 0 Å². The molecule has 0 unspecified atom stereocenters. The van der Waals surface area contributed by atoms with E-state index in [4.69, 9.17) is 4.74 Å². The molecule has 0 bridgehead atoms. The van der Waals surface area contributed by atoms with Crippen LogP contribution in [0.3, 0.4) is 0 Å². The average Bonchev–Trinajstić information content (AvgIpc) is 2.23. The van der Waals surface area contributed by atoms with E-state index in [0.29, 0.717) is 18.6 Å². The smallest absolute Gasteiger partial charge is 0.165 e. The Morgan fingerprint density at radius 3 is 2.47 bits per heavy atom. The molecule has 0 N–H and O–H groups in total. The highest BCUT2D eigenvalue weighted by Crippen LogP contribution is 2.22. The van der Waals surface area contributed by atoms with Crippen LogP contribution in [0.5, 0.6) is 5.75 Å². The van der Waals surface area contributed by atoms with E-state index in [1.807, 2.05) is 6.92 Å². The molecule has 0 aliphatic rings. The van der Waals surface area contributed by atoms with E-state index in [9.17, 15) is 8.78 Å². The number of aryl methyl sites for hydroxylation is 1. The number of rotatable bonds is 5. The van der Waals surface area contributed by atoms with E-state index in [2.05, 4.69) is 0 Å². The van der Waals surface area contributed by atoms with E-state index < -0.39 is 11.6 Å². The summed E-state index contributed by atoms with van der Waals surface area (Å²) in [5.41, 5.74) is 0.385. The molecule has 0 saturated heterocycles. The lowest BCUT2D eigenvalue weighted by Crippen LogP contribution is -2.00. The van der Waals surface area contributed by atoms with Crippen LogP contribution < -0.4 is 4.74 Å². The fourth-order valence-electron chi connectivity index (χ4n) is 1.28. The largest absolute Gasteiger partial charge is 0.490 e. The first-order chi connectivity index (χ1) is 7.19. The van der Waals surface area contributed by atoms with Gasteiger partial charge in [-0.05, 0) is 24.5 Å². The van der Waals surface area contributed by atoms with Gasteiger partial charge in [0.25, 0.3) is 0 Å². The Morgan fingerprint density at radius 2 is 1.87 bits per heavy atom. The van der Waals surface area contributed by atoms with E-state index in [1.54, 1.807) is 6.92 Å². The Bertz CT molecular complexity index is 324. The number of ether oxygens (including phenoxy) is 1. The predicted molar refractivity (Wildman–Crippen MR) is 56.1 cm³/mol. The van der Waals surface area contributed by atoms with Crippen molar-refractivity contribution in [2.45, 2.75) is 33.1 Å². The third-order valence-corrected chi connectivity index (χ3v) is 2.24. The number of halogens is 2. The fourth-order valence-corrected chi connectivity index (χ4v) is 1.28. The lowest BCUT2D eigenvalue weighted by molar-refractivity contribution is 0.292. The van der Waals surface area contributed by atoms with Gasteiger partial charge >= 0.3 is 0 Å². The molecule has 0 fully saturated rings. The molecule has 0 aliphatic heterocycles. The molecule has 84 valence electrons. The van der Waals surface area contributed by atoms with E-state index in [0.717, 1.165) is 18.9 Å². The minimum atomic E-state index is -0.482. The van der Waals surface area contributed by atoms with Crippen LogP contribution in [0.15, 0.2) is 12.1 Å². The molecule has 0 radical (unpaired) electrons. The summed E-state index contributed by atoms with van der Waals surface area (Å²) < 4.78 is 31.8. The Kier molecular flexibility index (Phi) is 4.53. The number of unbranched alkanes of at least 4 members (excludes halogenated alkanes) is 1. The van der Waals surface area contributed by atoms with Crippen LogP contribution in [0, 0.1) is 11.6 Å². The van der Waals surface area contributed by atoms with Crippen molar-refractivity contribution < 1.29 is 13.5 Å². The molecular formula is C12H16F2O. The molecule has 1 aromatic rings. The first-order valence-electron chi connectivity index (χ1n) is 5.29. The summed E-state index contributed by atoms with van der Waals surface area (Å²) in [5, 5.41) is 0. The van der Waals surface area contributed by atoms with Crippen molar-refractivity contribution in [3.8, 4) is 5.75 Å². The van der Waals surface area contributed by atoms with Crippen molar-refractivity contribution in [3.05, 3.63) is 29.3 Å². The molecule has 0 heterocycles. The minimum absolute atomic E-state index is 0.0122. The van der Waals surface area contributed by atoms with E-state index in [1.165, 1.54) is 6.07 Å². The first kappa shape index (κ1) is 12.0. The first-order valence-corrected chi connectivity index (χ1v) is 5.29. The van der Waals surface area contributed by atoms with Gasteiger partial charge in [-0.1, -0.05) is 20.3 Å². The molecule has 0 spiro atoms. The number of hydrogen-bond acceptors (Lipinski definition) is 1. The zero-order valence-corrected chi connectivity index (χ0v) is 9.15. The Labute approximate surface area is 89.1 Å². The Balaban J connectivity index is 2.76. The van der Waals surface area contributed by atoms with E-state index >= 15 is 0 Å². The molecule has 3 heteroatoms. The molecule has 0 amide bonds. The monoisotopic (exact) mass is 214 g/mol. The van der Waals surface area contributed by atoms with Crippen LogP contribution in [0.4, 0.5) is 8.78 Å². The summed E-state index contributed by atoms with van der Waals surface area (Å²) in [6.07, 6.45) is 2.30. The van der Waals surface area contributed by atoms with Crippen molar-refractivity contribution in [2.75, 3.05) is 6.61 Å². The van der Waals surface area contributed by atoms with Crippen molar-refractivity contribution in [1.29, 1.82) is 0 Å². The third kappa shape index (κ3) is 3.18. The quantitative estimate of drug-likeness (QED) is 0.679. The van der Waals surface area contributed by atoms with Gasteiger partial charge in [0, 0.05) is 6.07 Å². The van der Waals surface area contributed by atoms with Gasteiger partial charge in [-0.15, -0.1) is 0 Å². The molecule has 1 rings (SSSR count). The molecule has 0 aliphatic carbocycles. The van der Waals surface area contributed by atoms with Gasteiger partial charge in [0.05, 0.1) is 6.61 Å². The summed E-state index contributed by atoms with van der Waals surface area (Å²) in [6.45, 7) is 4.23. The second kappa shape index (κ2) is 5.69. The van der Waals surface area contributed by atoms with Crippen molar-refractivity contribution in [1.82, 2.24) is 0 Å². The van der Waals surface area contributed by atoms with Gasteiger partial charge < -0.3 is 4.74 Å². The van der Waals surface area contributed by atoms with Gasteiger partial charge in [-0.25, -0.2) is 8.78 Å². The maximum absolute atomic E-state index is 13.4. The van der Waals surface area contributed by atoms with Crippen LogP contribution in [0.2, 0.25) is 0 Å². The topological polar surface area (TPSA) is 9.23 Å².